The van der Waals surface area contributed by atoms with Gasteiger partial charge in [0.05, 0.1) is 5.69 Å². The van der Waals surface area contributed by atoms with E-state index < -0.39 is 0 Å². The molecule has 3 heteroatoms. The van der Waals surface area contributed by atoms with Crippen LogP contribution in [0.1, 0.15) is 11.1 Å². The van der Waals surface area contributed by atoms with Crippen LogP contribution < -0.4 is 5.32 Å². The van der Waals surface area contributed by atoms with Gasteiger partial charge in [-0.1, -0.05) is 24.3 Å². The first kappa shape index (κ1) is 9.33. The van der Waals surface area contributed by atoms with Crippen molar-refractivity contribution >= 4 is 5.82 Å². The van der Waals surface area contributed by atoms with Crippen molar-refractivity contribution in [3.8, 4) is 11.3 Å². The number of benzene rings is 1. The Labute approximate surface area is 94.6 Å². The number of rotatable bonds is 1. The van der Waals surface area contributed by atoms with Crippen LogP contribution in [0.2, 0.25) is 0 Å². The molecule has 0 amide bonds. The summed E-state index contributed by atoms with van der Waals surface area (Å²) in [5.41, 5.74) is 4.96. The third kappa shape index (κ3) is 1.28. The zero-order valence-corrected chi connectivity index (χ0v) is 9.20. The molecular formula is C13H13N3. The quantitative estimate of drug-likeness (QED) is 0.786. The molecule has 1 aromatic heterocycles. The van der Waals surface area contributed by atoms with Gasteiger partial charge < -0.3 is 5.32 Å². The Morgan fingerprint density at radius 1 is 1.12 bits per heavy atom. The number of hydrogen-bond acceptors (Lipinski definition) is 3. The molecule has 1 N–H and O–H groups in total. The van der Waals surface area contributed by atoms with Crippen molar-refractivity contribution < 1.29 is 0 Å². The Hall–Kier alpha value is -1.90. The summed E-state index contributed by atoms with van der Waals surface area (Å²) in [6.07, 6.45) is 3.72. The second kappa shape index (κ2) is 3.59. The van der Waals surface area contributed by atoms with Crippen molar-refractivity contribution in [2.75, 3.05) is 12.4 Å². The minimum absolute atomic E-state index is 0.958. The van der Waals surface area contributed by atoms with Gasteiger partial charge in [-0.15, -0.1) is 0 Å². The maximum Gasteiger partial charge on any atom is 0.132 e. The van der Waals surface area contributed by atoms with E-state index in [0.29, 0.717) is 0 Å². The summed E-state index contributed by atoms with van der Waals surface area (Å²) in [6, 6.07) is 8.47. The van der Waals surface area contributed by atoms with Crippen LogP contribution >= 0.6 is 0 Å². The summed E-state index contributed by atoms with van der Waals surface area (Å²) in [5.74, 6) is 0.958. The highest BCUT2D eigenvalue weighted by molar-refractivity contribution is 5.73. The lowest BCUT2D eigenvalue weighted by molar-refractivity contribution is 0.912. The highest BCUT2D eigenvalue weighted by atomic mass is 15.0. The van der Waals surface area contributed by atoms with E-state index in [1.165, 1.54) is 16.7 Å². The molecule has 80 valence electrons. The van der Waals surface area contributed by atoms with Crippen molar-refractivity contribution in [2.24, 2.45) is 0 Å². The summed E-state index contributed by atoms with van der Waals surface area (Å²) >= 11 is 0. The fraction of sp³-hybridized carbons (Fsp3) is 0.231. The van der Waals surface area contributed by atoms with Crippen molar-refractivity contribution in [2.45, 2.75) is 12.8 Å². The maximum absolute atomic E-state index is 4.42. The Kier molecular flexibility index (Phi) is 2.10. The number of hydrogen-bond donors (Lipinski definition) is 1. The molecule has 1 aromatic carbocycles. The van der Waals surface area contributed by atoms with Crippen molar-refractivity contribution in [1.82, 2.24) is 9.97 Å². The van der Waals surface area contributed by atoms with Crippen molar-refractivity contribution in [3.63, 3.8) is 0 Å². The topological polar surface area (TPSA) is 37.8 Å². The van der Waals surface area contributed by atoms with Gasteiger partial charge in [0.25, 0.3) is 0 Å². The molecule has 16 heavy (non-hydrogen) atoms. The summed E-state index contributed by atoms with van der Waals surface area (Å²) in [5, 5.41) is 3.13. The molecule has 0 atom stereocenters. The van der Waals surface area contributed by atoms with E-state index in [-0.39, 0.29) is 0 Å². The van der Waals surface area contributed by atoms with Crippen LogP contribution in [0.15, 0.2) is 30.6 Å². The van der Waals surface area contributed by atoms with Crippen LogP contribution in [0.25, 0.3) is 11.3 Å². The first-order valence-corrected chi connectivity index (χ1v) is 5.50. The van der Waals surface area contributed by atoms with Gasteiger partial charge in [-0.3, -0.25) is 0 Å². The molecule has 1 heterocycles. The minimum Gasteiger partial charge on any atom is -0.373 e. The van der Waals surface area contributed by atoms with E-state index in [1.807, 2.05) is 7.05 Å². The van der Waals surface area contributed by atoms with Gasteiger partial charge in [0, 0.05) is 18.2 Å². The van der Waals surface area contributed by atoms with Gasteiger partial charge in [-0.2, -0.15) is 0 Å². The van der Waals surface area contributed by atoms with E-state index in [2.05, 4.69) is 39.6 Å². The standard InChI is InChI=1S/C13H13N3/c1-14-13-11-7-6-9-4-2-3-5-10(9)12(11)15-8-16-13/h2-5,8H,6-7H2,1H3,(H,14,15,16). The zero-order chi connectivity index (χ0) is 11.0. The predicted octanol–water partition coefficient (Wildman–Crippen LogP) is 2.28. The molecule has 3 rings (SSSR count). The summed E-state index contributed by atoms with van der Waals surface area (Å²) in [7, 11) is 1.91. The molecule has 0 unspecified atom stereocenters. The molecule has 0 saturated heterocycles. The van der Waals surface area contributed by atoms with Crippen molar-refractivity contribution in [1.29, 1.82) is 0 Å². The lowest BCUT2D eigenvalue weighted by atomic mass is 9.89. The van der Waals surface area contributed by atoms with E-state index >= 15 is 0 Å². The average molecular weight is 211 g/mol. The molecule has 0 radical (unpaired) electrons. The molecule has 1 aliphatic carbocycles. The molecule has 0 fully saturated rings. The predicted molar refractivity (Wildman–Crippen MR) is 64.4 cm³/mol. The summed E-state index contributed by atoms with van der Waals surface area (Å²) < 4.78 is 0. The van der Waals surface area contributed by atoms with Crippen LogP contribution in [0.4, 0.5) is 5.82 Å². The van der Waals surface area contributed by atoms with E-state index in [4.69, 9.17) is 0 Å². The SMILES string of the molecule is CNc1ncnc2c1CCc1ccccc1-2. The fourth-order valence-corrected chi connectivity index (χ4v) is 2.33. The number of aryl methyl sites for hydroxylation is 1. The molecule has 0 bridgehead atoms. The molecule has 0 saturated carbocycles. The number of anilines is 1. The van der Waals surface area contributed by atoms with Gasteiger partial charge in [-0.05, 0) is 18.4 Å². The smallest absolute Gasteiger partial charge is 0.132 e. The van der Waals surface area contributed by atoms with Gasteiger partial charge in [-0.25, -0.2) is 9.97 Å². The van der Waals surface area contributed by atoms with Crippen LogP contribution in [0.5, 0.6) is 0 Å². The lowest BCUT2D eigenvalue weighted by Crippen LogP contribution is -2.09. The fourth-order valence-electron chi connectivity index (χ4n) is 2.33. The second-order valence-electron chi connectivity index (χ2n) is 3.96. The monoisotopic (exact) mass is 211 g/mol. The largest absolute Gasteiger partial charge is 0.373 e. The Bertz CT molecular complexity index is 534. The van der Waals surface area contributed by atoms with E-state index in [1.54, 1.807) is 6.33 Å². The first-order valence-electron chi connectivity index (χ1n) is 5.50. The van der Waals surface area contributed by atoms with Gasteiger partial charge in [0.1, 0.15) is 12.1 Å². The number of aromatic nitrogens is 2. The Morgan fingerprint density at radius 2 is 2.00 bits per heavy atom. The highest BCUT2D eigenvalue weighted by Gasteiger charge is 2.19. The highest BCUT2D eigenvalue weighted by Crippen LogP contribution is 2.33. The molecule has 1 aliphatic rings. The first-order chi connectivity index (χ1) is 7.90. The van der Waals surface area contributed by atoms with Crippen LogP contribution in [-0.2, 0) is 12.8 Å². The molecule has 3 nitrogen and oxygen atoms in total. The maximum atomic E-state index is 4.42. The lowest BCUT2D eigenvalue weighted by Gasteiger charge is -2.20. The molecular weight excluding hydrogens is 198 g/mol. The third-order valence-corrected chi connectivity index (χ3v) is 3.10. The Morgan fingerprint density at radius 3 is 2.88 bits per heavy atom. The molecule has 0 aliphatic heterocycles. The average Bonchev–Trinajstić information content (AvgIpc) is 2.37. The molecule has 0 spiro atoms. The normalized spacial score (nSPS) is 12.8. The van der Waals surface area contributed by atoms with E-state index in [0.717, 1.165) is 24.4 Å². The van der Waals surface area contributed by atoms with Crippen LogP contribution in [-0.4, -0.2) is 17.0 Å². The second-order valence-corrected chi connectivity index (χ2v) is 3.96. The number of fused-ring (bicyclic) bond motifs is 3. The summed E-state index contributed by atoms with van der Waals surface area (Å²) in [4.78, 5) is 8.68. The van der Waals surface area contributed by atoms with Gasteiger partial charge in [0.2, 0.25) is 0 Å². The number of nitrogens with one attached hydrogen (secondary N) is 1. The third-order valence-electron chi connectivity index (χ3n) is 3.10. The Balaban J connectivity index is 2.25. The molecule has 2 aromatic rings. The number of nitrogens with zero attached hydrogens (tertiary/aromatic N) is 2. The minimum atomic E-state index is 0.958. The van der Waals surface area contributed by atoms with Crippen LogP contribution in [0, 0.1) is 0 Å². The van der Waals surface area contributed by atoms with E-state index in [9.17, 15) is 0 Å². The summed E-state index contributed by atoms with van der Waals surface area (Å²) in [6.45, 7) is 0. The van der Waals surface area contributed by atoms with Crippen LogP contribution in [0.3, 0.4) is 0 Å². The van der Waals surface area contributed by atoms with Crippen molar-refractivity contribution in [3.05, 3.63) is 41.7 Å². The zero-order valence-electron chi connectivity index (χ0n) is 9.20. The van der Waals surface area contributed by atoms with Gasteiger partial charge in [0.15, 0.2) is 0 Å². The van der Waals surface area contributed by atoms with Gasteiger partial charge >= 0.3 is 0 Å².